The van der Waals surface area contributed by atoms with Gasteiger partial charge in [0.05, 0.1) is 12.0 Å². The minimum absolute atomic E-state index is 0.00442. The van der Waals surface area contributed by atoms with Crippen molar-refractivity contribution in [3.63, 3.8) is 0 Å². The number of rotatable bonds is 1. The molecule has 14 heavy (non-hydrogen) atoms. The molecule has 0 aromatic heterocycles. The molecule has 4 nitrogen and oxygen atoms in total. The van der Waals surface area contributed by atoms with Crippen LogP contribution in [0.5, 0.6) is 0 Å². The molecule has 0 spiro atoms. The highest BCUT2D eigenvalue weighted by molar-refractivity contribution is 5.70. The predicted molar refractivity (Wildman–Crippen MR) is 53.1 cm³/mol. The standard InChI is InChI=1S/C10H19NO3/c1-10(2,3)11-5-4-7(9(13)14)8(12)6-11/h7-8,12H,4-6H2,1-3H3,(H,13,14). The van der Waals surface area contributed by atoms with E-state index in [1.54, 1.807) is 0 Å². The van der Waals surface area contributed by atoms with Crippen LogP contribution in [0.1, 0.15) is 27.2 Å². The van der Waals surface area contributed by atoms with Gasteiger partial charge in [-0.25, -0.2) is 0 Å². The summed E-state index contributed by atoms with van der Waals surface area (Å²) in [6.07, 6.45) is -0.200. The van der Waals surface area contributed by atoms with E-state index in [0.29, 0.717) is 13.0 Å². The highest BCUT2D eigenvalue weighted by atomic mass is 16.4. The first-order chi connectivity index (χ1) is 6.32. The molecule has 0 aromatic carbocycles. The molecule has 1 aliphatic heterocycles. The molecule has 0 radical (unpaired) electrons. The lowest BCUT2D eigenvalue weighted by molar-refractivity contribution is -0.149. The van der Waals surface area contributed by atoms with Crippen LogP contribution in [-0.2, 0) is 4.79 Å². The van der Waals surface area contributed by atoms with Crippen molar-refractivity contribution in [2.75, 3.05) is 13.1 Å². The van der Waals surface area contributed by atoms with Crippen molar-refractivity contribution in [2.24, 2.45) is 5.92 Å². The first-order valence-electron chi connectivity index (χ1n) is 4.98. The average molecular weight is 201 g/mol. The van der Waals surface area contributed by atoms with E-state index in [1.807, 2.05) is 0 Å². The van der Waals surface area contributed by atoms with E-state index < -0.39 is 18.0 Å². The van der Waals surface area contributed by atoms with Gasteiger partial charge in [0.2, 0.25) is 0 Å². The zero-order valence-electron chi connectivity index (χ0n) is 9.03. The molecule has 82 valence electrons. The van der Waals surface area contributed by atoms with Gasteiger partial charge in [0.25, 0.3) is 0 Å². The van der Waals surface area contributed by atoms with Gasteiger partial charge in [-0.1, -0.05) is 0 Å². The summed E-state index contributed by atoms with van der Waals surface area (Å²) in [5.74, 6) is -1.47. The van der Waals surface area contributed by atoms with Gasteiger partial charge in [0, 0.05) is 12.1 Å². The summed E-state index contributed by atoms with van der Waals surface area (Å²) in [4.78, 5) is 12.9. The number of aliphatic hydroxyl groups is 1. The van der Waals surface area contributed by atoms with Crippen molar-refractivity contribution in [1.82, 2.24) is 4.90 Å². The fourth-order valence-corrected chi connectivity index (χ4v) is 1.83. The van der Waals surface area contributed by atoms with E-state index in [0.717, 1.165) is 6.54 Å². The maximum absolute atomic E-state index is 10.7. The van der Waals surface area contributed by atoms with Crippen molar-refractivity contribution in [2.45, 2.75) is 38.8 Å². The van der Waals surface area contributed by atoms with E-state index in [1.165, 1.54) is 0 Å². The maximum Gasteiger partial charge on any atom is 0.309 e. The number of aliphatic carboxylic acids is 1. The molecule has 1 saturated heterocycles. The monoisotopic (exact) mass is 201 g/mol. The second kappa shape index (κ2) is 3.87. The minimum atomic E-state index is -0.883. The van der Waals surface area contributed by atoms with Gasteiger partial charge in [0.15, 0.2) is 0 Å². The van der Waals surface area contributed by atoms with E-state index in [-0.39, 0.29) is 5.54 Å². The molecule has 2 unspecified atom stereocenters. The van der Waals surface area contributed by atoms with Gasteiger partial charge in [-0.05, 0) is 33.7 Å². The fraction of sp³-hybridized carbons (Fsp3) is 0.900. The largest absolute Gasteiger partial charge is 0.481 e. The second-order valence-corrected chi connectivity index (χ2v) is 4.92. The van der Waals surface area contributed by atoms with E-state index >= 15 is 0 Å². The first kappa shape index (κ1) is 11.5. The normalized spacial score (nSPS) is 30.3. The quantitative estimate of drug-likeness (QED) is 0.650. The van der Waals surface area contributed by atoms with E-state index in [2.05, 4.69) is 25.7 Å². The summed E-state index contributed by atoms with van der Waals surface area (Å²) in [6.45, 7) is 7.42. The third-order valence-electron chi connectivity index (χ3n) is 2.85. The Balaban J connectivity index is 2.60. The lowest BCUT2D eigenvalue weighted by Crippen LogP contribution is -2.53. The zero-order chi connectivity index (χ0) is 10.9. The van der Waals surface area contributed by atoms with Gasteiger partial charge >= 0.3 is 5.97 Å². The summed E-state index contributed by atoms with van der Waals surface area (Å²) in [5.41, 5.74) is 0.00442. The number of carboxylic acids is 1. The van der Waals surface area contributed by atoms with Crippen LogP contribution >= 0.6 is 0 Å². The van der Waals surface area contributed by atoms with Crippen LogP contribution in [0.4, 0.5) is 0 Å². The van der Waals surface area contributed by atoms with Crippen LogP contribution < -0.4 is 0 Å². The molecule has 2 atom stereocenters. The number of carbonyl (C=O) groups is 1. The number of carboxylic acid groups (broad SMARTS) is 1. The predicted octanol–water partition coefficient (Wildman–Crippen LogP) is 0.552. The number of likely N-dealkylation sites (tertiary alicyclic amines) is 1. The second-order valence-electron chi connectivity index (χ2n) is 4.92. The average Bonchev–Trinajstić information content (AvgIpc) is 2.01. The highest BCUT2D eigenvalue weighted by Crippen LogP contribution is 2.24. The van der Waals surface area contributed by atoms with Gasteiger partial charge in [-0.2, -0.15) is 0 Å². The molecule has 0 aliphatic carbocycles. The molecule has 0 saturated carbocycles. The van der Waals surface area contributed by atoms with Gasteiger partial charge in [0.1, 0.15) is 0 Å². The fourth-order valence-electron chi connectivity index (χ4n) is 1.83. The first-order valence-corrected chi connectivity index (χ1v) is 4.98. The molecule has 0 aromatic rings. The van der Waals surface area contributed by atoms with Crippen molar-refractivity contribution in [3.05, 3.63) is 0 Å². The Morgan fingerprint density at radius 3 is 2.36 bits per heavy atom. The minimum Gasteiger partial charge on any atom is -0.481 e. The number of hydrogen-bond donors (Lipinski definition) is 2. The van der Waals surface area contributed by atoms with Gasteiger partial charge < -0.3 is 10.2 Å². The maximum atomic E-state index is 10.7. The number of β-amino-alcohol motifs (C(OH)–C–C–N with tert-alkyl or cyclic N) is 1. The summed E-state index contributed by atoms with van der Waals surface area (Å²) >= 11 is 0. The Hall–Kier alpha value is -0.610. The molecule has 4 heteroatoms. The van der Waals surface area contributed by atoms with Crippen molar-refractivity contribution >= 4 is 5.97 Å². The van der Waals surface area contributed by atoms with Crippen molar-refractivity contribution in [3.8, 4) is 0 Å². The molecular weight excluding hydrogens is 182 g/mol. The Kier molecular flexibility index (Phi) is 3.17. The zero-order valence-corrected chi connectivity index (χ0v) is 9.03. The highest BCUT2D eigenvalue weighted by Gasteiger charge is 2.36. The summed E-state index contributed by atoms with van der Waals surface area (Å²) in [6, 6.07) is 0. The molecule has 0 bridgehead atoms. The molecule has 1 rings (SSSR count). The van der Waals surface area contributed by atoms with Crippen LogP contribution in [0, 0.1) is 5.92 Å². The van der Waals surface area contributed by atoms with E-state index in [4.69, 9.17) is 5.11 Å². The van der Waals surface area contributed by atoms with Crippen LogP contribution in [-0.4, -0.2) is 45.8 Å². The number of piperidine rings is 1. The molecule has 1 heterocycles. The lowest BCUT2D eigenvalue weighted by Gasteiger charge is -2.42. The van der Waals surface area contributed by atoms with Crippen molar-refractivity contribution in [1.29, 1.82) is 0 Å². The number of nitrogens with zero attached hydrogens (tertiary/aromatic N) is 1. The number of hydrogen-bond acceptors (Lipinski definition) is 3. The molecule has 2 N–H and O–H groups in total. The smallest absolute Gasteiger partial charge is 0.309 e. The third-order valence-corrected chi connectivity index (χ3v) is 2.85. The van der Waals surface area contributed by atoms with Gasteiger partial charge in [-0.3, -0.25) is 9.69 Å². The third kappa shape index (κ3) is 2.45. The molecule has 1 fully saturated rings. The summed E-state index contributed by atoms with van der Waals surface area (Å²) < 4.78 is 0. The number of aliphatic hydroxyl groups excluding tert-OH is 1. The molecular formula is C10H19NO3. The molecule has 1 aliphatic rings. The van der Waals surface area contributed by atoms with Crippen molar-refractivity contribution < 1.29 is 15.0 Å². The van der Waals surface area contributed by atoms with Crippen LogP contribution in [0.2, 0.25) is 0 Å². The summed E-state index contributed by atoms with van der Waals surface area (Å²) in [5, 5.41) is 18.5. The Bertz CT molecular complexity index is 222. The SMILES string of the molecule is CC(C)(C)N1CCC(C(=O)O)C(O)C1. The lowest BCUT2D eigenvalue weighted by atomic mass is 9.91. The van der Waals surface area contributed by atoms with Crippen LogP contribution in [0.3, 0.4) is 0 Å². The van der Waals surface area contributed by atoms with E-state index in [9.17, 15) is 9.90 Å². The van der Waals surface area contributed by atoms with Crippen LogP contribution in [0.25, 0.3) is 0 Å². The topological polar surface area (TPSA) is 60.8 Å². The van der Waals surface area contributed by atoms with Gasteiger partial charge in [-0.15, -0.1) is 0 Å². The Labute approximate surface area is 84.5 Å². The Morgan fingerprint density at radius 1 is 1.43 bits per heavy atom. The Morgan fingerprint density at radius 2 is 2.00 bits per heavy atom. The van der Waals surface area contributed by atoms with Crippen LogP contribution in [0.15, 0.2) is 0 Å². The molecule has 0 amide bonds. The summed E-state index contributed by atoms with van der Waals surface area (Å²) in [7, 11) is 0.